The average molecular weight is 816 g/mol. The summed E-state index contributed by atoms with van der Waals surface area (Å²) in [6.07, 6.45) is 3.53. The van der Waals surface area contributed by atoms with E-state index in [1.165, 1.54) is 34.8 Å². The number of methoxy groups -OCH3 is 1. The monoisotopic (exact) mass is 815 g/mol. The van der Waals surface area contributed by atoms with Crippen molar-refractivity contribution < 1.29 is 39.0 Å². The molecule has 1 atom stereocenters. The molecule has 1 aliphatic carbocycles. The molecule has 0 bridgehead atoms. The van der Waals surface area contributed by atoms with Crippen LogP contribution in [0.25, 0.3) is 10.9 Å². The maximum atomic E-state index is 13.4. The highest BCUT2D eigenvalue weighted by molar-refractivity contribution is 7.12. The number of thiophene rings is 2. The Morgan fingerprint density at radius 1 is 1.05 bits per heavy atom. The minimum Gasteiger partial charge on any atom is -0.506 e. The van der Waals surface area contributed by atoms with Crippen LogP contribution in [0.2, 0.25) is 5.02 Å². The van der Waals surface area contributed by atoms with Gasteiger partial charge in [0.05, 0.1) is 40.1 Å². The molecule has 0 saturated heterocycles. The number of aromatic hydroxyl groups is 1. The Morgan fingerprint density at radius 2 is 1.76 bits per heavy atom. The summed E-state index contributed by atoms with van der Waals surface area (Å²) >= 11 is 9.32. The number of nitrogens with one attached hydrogen (secondary N) is 2. The number of rotatable bonds is 17. The van der Waals surface area contributed by atoms with Crippen molar-refractivity contribution in [3.05, 3.63) is 108 Å². The summed E-state index contributed by atoms with van der Waals surface area (Å²) in [4.78, 5) is 31.2. The number of halogens is 2. The Morgan fingerprint density at radius 3 is 2.42 bits per heavy atom. The highest BCUT2D eigenvalue weighted by atomic mass is 35.5. The smallest absolute Gasteiger partial charge is 0.349 e. The molecule has 1 fully saturated rings. The van der Waals surface area contributed by atoms with Gasteiger partial charge >= 0.3 is 5.97 Å². The van der Waals surface area contributed by atoms with E-state index in [2.05, 4.69) is 22.2 Å². The van der Waals surface area contributed by atoms with E-state index in [4.69, 9.17) is 25.8 Å². The van der Waals surface area contributed by atoms with Gasteiger partial charge in [0.15, 0.2) is 0 Å². The highest BCUT2D eigenvalue weighted by Crippen LogP contribution is 2.38. The molecule has 3 aromatic heterocycles. The summed E-state index contributed by atoms with van der Waals surface area (Å²) in [5.74, 6) is 0.540. The van der Waals surface area contributed by atoms with Gasteiger partial charge in [-0.05, 0) is 104 Å². The molecule has 0 spiro atoms. The lowest BCUT2D eigenvalue weighted by atomic mass is 9.91. The van der Waals surface area contributed by atoms with E-state index in [1.54, 1.807) is 37.4 Å². The lowest BCUT2D eigenvalue weighted by Gasteiger charge is -2.35. The first-order valence-corrected chi connectivity index (χ1v) is 20.2. The van der Waals surface area contributed by atoms with Gasteiger partial charge in [0.2, 0.25) is 11.2 Å². The first kappa shape index (κ1) is 42.1. The lowest BCUT2D eigenvalue weighted by molar-refractivity contribution is -0.169. The van der Waals surface area contributed by atoms with Crippen LogP contribution in [0.15, 0.2) is 76.2 Å². The first-order chi connectivity index (χ1) is 26.1. The maximum absolute atomic E-state index is 13.4. The van der Waals surface area contributed by atoms with Gasteiger partial charge in [-0.25, -0.2) is 4.79 Å². The number of pyridine rings is 1. The number of nitrogens with zero attached hydrogens (tertiary/aromatic N) is 1. The van der Waals surface area contributed by atoms with Gasteiger partial charge in [-0.2, -0.15) is 0 Å². The molecular formula is C40H47ClFN3O8S2. The van der Waals surface area contributed by atoms with Gasteiger partial charge < -0.3 is 44.7 Å². The van der Waals surface area contributed by atoms with Crippen LogP contribution in [-0.2, 0) is 21.6 Å². The highest BCUT2D eigenvalue weighted by Gasteiger charge is 2.45. The van der Waals surface area contributed by atoms with Crippen molar-refractivity contribution in [2.45, 2.75) is 62.4 Å². The Balaban J connectivity index is 0.00000580. The molecule has 6 rings (SSSR count). The van der Waals surface area contributed by atoms with E-state index in [0.29, 0.717) is 68.4 Å². The second-order valence-electron chi connectivity index (χ2n) is 13.5. The molecule has 15 heteroatoms. The molecule has 2 aromatic carbocycles. The number of ether oxygens (including phenoxy) is 3. The fourth-order valence-corrected chi connectivity index (χ4v) is 8.96. The first-order valence-electron chi connectivity index (χ1n) is 18.0. The molecule has 0 aliphatic heterocycles. The number of hydrogen-bond acceptors (Lipinski definition) is 12. The molecule has 11 nitrogen and oxygen atoms in total. The summed E-state index contributed by atoms with van der Waals surface area (Å²) in [6.45, 7) is 2.10. The standard InChI is InChI=1S/C40H46ClN3O8S2.FH/c1-44(26-8-10-27(11-9-26)52-39(48)40(49,35-6-3-20-53-35)36-7-4-21-54-36)18-5-19-51-34-23-33(50-2)25(22-30(34)41)16-17-42-24-32(46)28-12-14-31(45)38-29(28)13-15-37(47)43-38;/h3-4,6-7,12-15,20-23,26-27,32,42,45-46,49H,5,8-11,16-19,24H2,1-2H3,(H,43,47);1H/t26?,27?,32-;/m0./s1. The fraction of sp³-hybridized carbons (Fsp3) is 0.400. The van der Waals surface area contributed by atoms with Gasteiger partial charge in [0, 0.05) is 36.7 Å². The lowest BCUT2D eigenvalue weighted by Crippen LogP contribution is -2.42. The van der Waals surface area contributed by atoms with E-state index in [0.717, 1.165) is 44.2 Å². The zero-order chi connectivity index (χ0) is 38.2. The third-order valence-electron chi connectivity index (χ3n) is 10.0. The van der Waals surface area contributed by atoms with Crippen LogP contribution in [0.5, 0.6) is 17.2 Å². The molecule has 0 unspecified atom stereocenters. The molecular weight excluding hydrogens is 769 g/mol. The summed E-state index contributed by atoms with van der Waals surface area (Å²) in [5, 5.41) is 40.6. The molecule has 5 aromatic rings. The van der Waals surface area contributed by atoms with Gasteiger partial charge in [-0.15, -0.1) is 22.7 Å². The summed E-state index contributed by atoms with van der Waals surface area (Å²) < 4.78 is 17.6. The number of phenols is 1. The third-order valence-corrected chi connectivity index (χ3v) is 12.3. The van der Waals surface area contributed by atoms with E-state index >= 15 is 0 Å². The number of aromatic nitrogens is 1. The van der Waals surface area contributed by atoms with Crippen molar-refractivity contribution in [1.82, 2.24) is 15.2 Å². The van der Waals surface area contributed by atoms with Crippen LogP contribution in [-0.4, -0.2) is 83.7 Å². The third kappa shape index (κ3) is 9.87. The number of hydrogen-bond donors (Lipinski definition) is 5. The minimum absolute atomic E-state index is 0. The predicted octanol–water partition coefficient (Wildman–Crippen LogP) is 6.53. The van der Waals surface area contributed by atoms with Gasteiger partial charge in [-0.3, -0.25) is 9.50 Å². The van der Waals surface area contributed by atoms with Crippen LogP contribution in [0.4, 0.5) is 4.70 Å². The number of fused-ring (bicyclic) bond motifs is 1. The SMILES string of the molecule is COc1cc(OCCCN(C)C2CCC(OC(=O)C(O)(c3cccs3)c3cccs3)CC2)c(Cl)cc1CCNC[C@H](O)c1ccc(O)c2[nH]c(=O)ccc12.F. The quantitative estimate of drug-likeness (QED) is 0.0518. The van der Waals surface area contributed by atoms with Crippen LogP contribution in [0, 0.1) is 0 Å². The number of phenolic OH excluding ortho intramolecular Hbond substituents is 1. The normalized spacial score (nSPS) is 16.5. The van der Waals surface area contributed by atoms with Gasteiger partial charge in [-0.1, -0.05) is 29.8 Å². The molecule has 0 amide bonds. The topological polar surface area (TPSA) is 154 Å². The summed E-state index contributed by atoms with van der Waals surface area (Å²) in [5.41, 5.74) is -0.330. The van der Waals surface area contributed by atoms with Gasteiger partial charge in [0.1, 0.15) is 23.4 Å². The van der Waals surface area contributed by atoms with Crippen LogP contribution in [0.1, 0.15) is 59.1 Å². The van der Waals surface area contributed by atoms with E-state index < -0.39 is 17.7 Å². The molecule has 1 saturated carbocycles. The molecule has 296 valence electrons. The Hall–Kier alpha value is -4.02. The Labute approximate surface area is 331 Å². The molecule has 55 heavy (non-hydrogen) atoms. The van der Waals surface area contributed by atoms with Crippen LogP contribution >= 0.6 is 34.3 Å². The maximum Gasteiger partial charge on any atom is 0.349 e. The van der Waals surface area contributed by atoms with Crippen molar-refractivity contribution >= 4 is 51.1 Å². The second-order valence-corrected chi connectivity index (χ2v) is 15.8. The summed E-state index contributed by atoms with van der Waals surface area (Å²) in [7, 11) is 3.71. The molecule has 3 heterocycles. The number of aliphatic hydroxyl groups is 2. The van der Waals surface area contributed by atoms with Crippen molar-refractivity contribution in [2.75, 3.05) is 40.4 Å². The molecule has 5 N–H and O–H groups in total. The number of carbonyl (C=O) groups excluding carboxylic acids is 1. The largest absolute Gasteiger partial charge is 0.506 e. The van der Waals surface area contributed by atoms with Crippen LogP contribution in [0.3, 0.4) is 0 Å². The molecule has 1 aliphatic rings. The van der Waals surface area contributed by atoms with E-state index in [9.17, 15) is 24.9 Å². The molecule has 0 radical (unpaired) electrons. The van der Waals surface area contributed by atoms with Crippen molar-refractivity contribution in [2.24, 2.45) is 0 Å². The number of carbonyl (C=O) groups is 1. The number of aliphatic hydroxyl groups excluding tert-OH is 1. The Bertz CT molecular complexity index is 2020. The van der Waals surface area contributed by atoms with Crippen molar-refractivity contribution in [3.8, 4) is 17.2 Å². The minimum atomic E-state index is -1.79. The van der Waals surface area contributed by atoms with E-state index in [-0.39, 0.29) is 28.7 Å². The van der Waals surface area contributed by atoms with E-state index in [1.807, 2.05) is 29.0 Å². The van der Waals surface area contributed by atoms with Crippen LogP contribution < -0.4 is 20.3 Å². The van der Waals surface area contributed by atoms with Crippen molar-refractivity contribution in [3.63, 3.8) is 0 Å². The number of H-pyrrole nitrogens is 1. The Kier molecular flexibility index (Phi) is 14.7. The summed E-state index contributed by atoms with van der Waals surface area (Å²) in [6, 6.07) is 17.3. The average Bonchev–Trinajstić information content (AvgIpc) is 3.92. The van der Waals surface area contributed by atoms with Gasteiger partial charge in [0.25, 0.3) is 0 Å². The number of aromatic amines is 1. The second kappa shape index (κ2) is 19.2. The van der Waals surface area contributed by atoms with Crippen molar-refractivity contribution in [1.29, 1.82) is 0 Å². The number of benzene rings is 2. The number of esters is 1. The zero-order valence-electron chi connectivity index (χ0n) is 30.7. The predicted molar refractivity (Wildman–Crippen MR) is 215 cm³/mol. The zero-order valence-corrected chi connectivity index (χ0v) is 33.1. The fourth-order valence-electron chi connectivity index (χ4n) is 7.00.